The van der Waals surface area contributed by atoms with E-state index in [1.807, 2.05) is 0 Å². The van der Waals surface area contributed by atoms with Gasteiger partial charge in [0.15, 0.2) is 0 Å². The maximum Gasteiger partial charge on any atom is 0.267 e. The summed E-state index contributed by atoms with van der Waals surface area (Å²) in [7, 11) is 0. The first-order chi connectivity index (χ1) is 7.20. The lowest BCUT2D eigenvalue weighted by Crippen LogP contribution is -2.29. The first kappa shape index (κ1) is 10.4. The zero-order valence-corrected chi connectivity index (χ0v) is 9.07. The number of aromatic nitrogens is 2. The van der Waals surface area contributed by atoms with Gasteiger partial charge >= 0.3 is 0 Å². The van der Waals surface area contributed by atoms with Crippen molar-refractivity contribution >= 4 is 0 Å². The second-order valence-corrected chi connectivity index (χ2v) is 4.31. The Hall–Kier alpha value is -1.16. The molecule has 2 N–H and O–H groups in total. The summed E-state index contributed by atoms with van der Waals surface area (Å²) < 4.78 is 1.48. The fourth-order valence-corrected chi connectivity index (χ4v) is 2.10. The zero-order valence-electron chi connectivity index (χ0n) is 9.07. The van der Waals surface area contributed by atoms with E-state index in [0.717, 1.165) is 24.1 Å². The molecule has 0 unspecified atom stereocenters. The number of nitrogens with zero attached hydrogens (tertiary/aromatic N) is 2. The summed E-state index contributed by atoms with van der Waals surface area (Å²) in [4.78, 5) is 11.6. The highest BCUT2D eigenvalue weighted by Crippen LogP contribution is 2.21. The van der Waals surface area contributed by atoms with E-state index in [1.54, 1.807) is 6.07 Å². The first-order valence-electron chi connectivity index (χ1n) is 5.50. The van der Waals surface area contributed by atoms with Gasteiger partial charge in [0, 0.05) is 12.6 Å². The van der Waals surface area contributed by atoms with Crippen molar-refractivity contribution in [1.82, 2.24) is 9.78 Å². The van der Waals surface area contributed by atoms with Gasteiger partial charge in [-0.2, -0.15) is 5.10 Å². The van der Waals surface area contributed by atoms with Crippen LogP contribution in [0.5, 0.6) is 0 Å². The number of hydrogen-bond donors (Lipinski definition) is 1. The Morgan fingerprint density at radius 1 is 1.67 bits per heavy atom. The molecule has 0 saturated carbocycles. The third-order valence-corrected chi connectivity index (χ3v) is 2.95. The molecular weight excluding hydrogens is 190 g/mol. The van der Waals surface area contributed by atoms with Gasteiger partial charge in [-0.05, 0) is 30.7 Å². The standard InChI is InChI=1S/C11H17N3O/c1-8-2-3-10-9(6-8)7-11(15)14(13-10)5-4-12/h7-8H,2-6,12H2,1H3/t8-/m0/s1. The molecule has 1 aromatic heterocycles. The van der Waals surface area contributed by atoms with E-state index in [9.17, 15) is 4.79 Å². The smallest absolute Gasteiger partial charge is 0.267 e. The minimum absolute atomic E-state index is 0.0201. The summed E-state index contributed by atoms with van der Waals surface area (Å²) >= 11 is 0. The van der Waals surface area contributed by atoms with Crippen LogP contribution in [0.2, 0.25) is 0 Å². The van der Waals surface area contributed by atoms with Crippen LogP contribution in [-0.4, -0.2) is 16.3 Å². The van der Waals surface area contributed by atoms with Crippen molar-refractivity contribution < 1.29 is 0 Å². The fourth-order valence-electron chi connectivity index (χ4n) is 2.10. The minimum atomic E-state index is -0.0201. The monoisotopic (exact) mass is 207 g/mol. The molecule has 0 amide bonds. The third-order valence-electron chi connectivity index (χ3n) is 2.95. The summed E-state index contributed by atoms with van der Waals surface area (Å²) in [6.45, 7) is 3.19. The Bertz CT molecular complexity index is 411. The van der Waals surface area contributed by atoms with Crippen molar-refractivity contribution in [2.45, 2.75) is 32.7 Å². The Morgan fingerprint density at radius 3 is 3.20 bits per heavy atom. The Balaban J connectivity index is 2.37. The molecule has 0 radical (unpaired) electrons. The molecule has 82 valence electrons. The van der Waals surface area contributed by atoms with Gasteiger partial charge in [0.2, 0.25) is 0 Å². The highest BCUT2D eigenvalue weighted by atomic mass is 16.1. The first-order valence-corrected chi connectivity index (χ1v) is 5.50. The van der Waals surface area contributed by atoms with Crippen LogP contribution in [0.25, 0.3) is 0 Å². The fraction of sp³-hybridized carbons (Fsp3) is 0.636. The zero-order chi connectivity index (χ0) is 10.8. The third kappa shape index (κ3) is 2.09. The summed E-state index contributed by atoms with van der Waals surface area (Å²) in [5.41, 5.74) is 7.62. The number of rotatable bonds is 2. The largest absolute Gasteiger partial charge is 0.329 e. The van der Waals surface area contributed by atoms with Crippen LogP contribution in [0, 0.1) is 5.92 Å². The normalized spacial score (nSPS) is 20.0. The lowest BCUT2D eigenvalue weighted by Gasteiger charge is -2.20. The van der Waals surface area contributed by atoms with Crippen molar-refractivity contribution in [3.8, 4) is 0 Å². The maximum absolute atomic E-state index is 11.6. The van der Waals surface area contributed by atoms with Gasteiger partial charge in [0.1, 0.15) is 0 Å². The lowest BCUT2D eigenvalue weighted by molar-refractivity contribution is 0.470. The molecule has 4 heteroatoms. The van der Waals surface area contributed by atoms with Crippen LogP contribution in [0.1, 0.15) is 24.6 Å². The van der Waals surface area contributed by atoms with Crippen LogP contribution in [0.4, 0.5) is 0 Å². The van der Waals surface area contributed by atoms with Crippen molar-refractivity contribution in [3.05, 3.63) is 27.7 Å². The molecule has 1 aliphatic carbocycles. The van der Waals surface area contributed by atoms with Crippen molar-refractivity contribution in [2.24, 2.45) is 11.7 Å². The van der Waals surface area contributed by atoms with E-state index in [4.69, 9.17) is 5.73 Å². The molecule has 0 spiro atoms. The van der Waals surface area contributed by atoms with Crippen molar-refractivity contribution in [3.63, 3.8) is 0 Å². The van der Waals surface area contributed by atoms with Gasteiger partial charge in [0.25, 0.3) is 5.56 Å². The highest BCUT2D eigenvalue weighted by molar-refractivity contribution is 5.21. The topological polar surface area (TPSA) is 60.9 Å². The molecule has 15 heavy (non-hydrogen) atoms. The Labute approximate surface area is 89.1 Å². The van der Waals surface area contributed by atoms with Gasteiger partial charge in [-0.1, -0.05) is 6.92 Å². The molecule has 1 heterocycles. The average Bonchev–Trinajstić information content (AvgIpc) is 2.20. The lowest BCUT2D eigenvalue weighted by atomic mass is 9.88. The number of fused-ring (bicyclic) bond motifs is 1. The molecular formula is C11H17N3O. The van der Waals surface area contributed by atoms with Crippen molar-refractivity contribution in [2.75, 3.05) is 6.54 Å². The van der Waals surface area contributed by atoms with Crippen molar-refractivity contribution in [1.29, 1.82) is 0 Å². The summed E-state index contributed by atoms with van der Waals surface area (Å²) in [5, 5.41) is 4.36. The van der Waals surface area contributed by atoms with Crippen LogP contribution in [0.15, 0.2) is 10.9 Å². The van der Waals surface area contributed by atoms with Crippen LogP contribution in [-0.2, 0) is 19.4 Å². The maximum atomic E-state index is 11.6. The van der Waals surface area contributed by atoms with E-state index in [-0.39, 0.29) is 5.56 Å². The second kappa shape index (κ2) is 4.14. The molecule has 4 nitrogen and oxygen atoms in total. The van der Waals surface area contributed by atoms with Gasteiger partial charge < -0.3 is 5.73 Å². The van der Waals surface area contributed by atoms with E-state index < -0.39 is 0 Å². The van der Waals surface area contributed by atoms with Gasteiger partial charge in [-0.15, -0.1) is 0 Å². The molecule has 2 rings (SSSR count). The molecule has 1 atom stereocenters. The SMILES string of the molecule is C[C@H]1CCc2nn(CCN)c(=O)cc2C1. The summed E-state index contributed by atoms with van der Waals surface area (Å²) in [6.07, 6.45) is 3.14. The Morgan fingerprint density at radius 2 is 2.47 bits per heavy atom. The molecule has 0 fully saturated rings. The van der Waals surface area contributed by atoms with Crippen LogP contribution >= 0.6 is 0 Å². The van der Waals surface area contributed by atoms with Gasteiger partial charge in [0.05, 0.1) is 12.2 Å². The van der Waals surface area contributed by atoms with E-state index in [1.165, 1.54) is 11.1 Å². The molecule has 0 bridgehead atoms. The van der Waals surface area contributed by atoms with E-state index in [2.05, 4.69) is 12.0 Å². The average molecular weight is 207 g/mol. The molecule has 0 aliphatic heterocycles. The van der Waals surface area contributed by atoms with Crippen LogP contribution < -0.4 is 11.3 Å². The van der Waals surface area contributed by atoms with Crippen LogP contribution in [0.3, 0.4) is 0 Å². The van der Waals surface area contributed by atoms with E-state index in [0.29, 0.717) is 19.0 Å². The molecule has 1 aromatic rings. The quantitative estimate of drug-likeness (QED) is 0.760. The van der Waals surface area contributed by atoms with Gasteiger partial charge in [-0.25, -0.2) is 4.68 Å². The minimum Gasteiger partial charge on any atom is -0.329 e. The summed E-state index contributed by atoms with van der Waals surface area (Å²) in [5.74, 6) is 0.670. The summed E-state index contributed by atoms with van der Waals surface area (Å²) in [6, 6.07) is 1.73. The Kier molecular flexibility index (Phi) is 2.86. The molecule has 0 aromatic carbocycles. The van der Waals surface area contributed by atoms with E-state index >= 15 is 0 Å². The number of hydrogen-bond acceptors (Lipinski definition) is 3. The highest BCUT2D eigenvalue weighted by Gasteiger charge is 2.17. The number of nitrogens with two attached hydrogens (primary N) is 1. The predicted molar refractivity (Wildman–Crippen MR) is 58.7 cm³/mol. The molecule has 0 saturated heterocycles. The van der Waals surface area contributed by atoms with Gasteiger partial charge in [-0.3, -0.25) is 4.79 Å². The number of aryl methyl sites for hydroxylation is 1. The predicted octanol–water partition coefficient (Wildman–Crippen LogP) is 0.327. The second-order valence-electron chi connectivity index (χ2n) is 4.31. The molecule has 1 aliphatic rings.